The highest BCUT2D eigenvalue weighted by atomic mass is 16.5. The van der Waals surface area contributed by atoms with Gasteiger partial charge in [-0.15, -0.1) is 0 Å². The van der Waals surface area contributed by atoms with Crippen LogP contribution < -0.4 is 11.1 Å². The molecule has 0 saturated heterocycles. The van der Waals surface area contributed by atoms with Gasteiger partial charge in [0.1, 0.15) is 17.5 Å². The molecule has 3 N–H and O–H groups in total. The lowest BCUT2D eigenvalue weighted by atomic mass is 10.2. The Morgan fingerprint density at radius 2 is 2.00 bits per heavy atom. The molecule has 0 aliphatic heterocycles. The van der Waals surface area contributed by atoms with Gasteiger partial charge in [-0.05, 0) is 39.0 Å². The Kier molecular flexibility index (Phi) is 3.31. The number of rotatable bonds is 4. The molecule has 0 aromatic carbocycles. The van der Waals surface area contributed by atoms with E-state index in [1.54, 1.807) is 7.11 Å². The number of nitrogen functional groups attached to an aromatic ring is 1. The van der Waals surface area contributed by atoms with Crippen LogP contribution >= 0.6 is 0 Å². The van der Waals surface area contributed by atoms with Crippen LogP contribution in [0.15, 0.2) is 0 Å². The van der Waals surface area contributed by atoms with Gasteiger partial charge in [-0.25, -0.2) is 9.97 Å². The van der Waals surface area contributed by atoms with Crippen LogP contribution in [0.3, 0.4) is 0 Å². The molecular weight excluding hydrogens is 240 g/mol. The number of aromatic nitrogens is 2. The highest BCUT2D eigenvalue weighted by Gasteiger charge is 2.30. The third-order valence-corrected chi connectivity index (χ3v) is 4.22. The minimum Gasteiger partial charge on any atom is -0.383 e. The van der Waals surface area contributed by atoms with E-state index in [4.69, 9.17) is 10.5 Å². The zero-order valence-corrected chi connectivity index (χ0v) is 11.6. The number of anilines is 2. The Balaban J connectivity index is 1.83. The van der Waals surface area contributed by atoms with E-state index in [9.17, 15) is 0 Å². The molecule has 0 bridgehead atoms. The van der Waals surface area contributed by atoms with Crippen molar-refractivity contribution in [2.24, 2.45) is 0 Å². The van der Waals surface area contributed by atoms with Gasteiger partial charge in [0.2, 0.25) is 0 Å². The van der Waals surface area contributed by atoms with E-state index in [1.165, 1.54) is 19.3 Å². The van der Waals surface area contributed by atoms with Crippen molar-refractivity contribution in [2.45, 2.75) is 57.1 Å². The van der Waals surface area contributed by atoms with E-state index in [1.807, 2.05) is 6.92 Å². The molecular formula is C14H22N4O. The van der Waals surface area contributed by atoms with Gasteiger partial charge in [0.05, 0.1) is 12.1 Å². The zero-order chi connectivity index (χ0) is 13.4. The van der Waals surface area contributed by atoms with Crippen molar-refractivity contribution in [3.05, 3.63) is 11.4 Å². The third kappa shape index (κ3) is 2.52. The van der Waals surface area contributed by atoms with Gasteiger partial charge in [-0.1, -0.05) is 0 Å². The average Bonchev–Trinajstić information content (AvgIpc) is 3.15. The molecule has 5 nitrogen and oxygen atoms in total. The number of hydrogen-bond donors (Lipinski definition) is 2. The number of nitrogens with zero attached hydrogens (tertiary/aromatic N) is 2. The van der Waals surface area contributed by atoms with Gasteiger partial charge in [-0.2, -0.15) is 0 Å². The maximum absolute atomic E-state index is 6.01. The fourth-order valence-corrected chi connectivity index (χ4v) is 2.77. The molecule has 0 spiro atoms. The van der Waals surface area contributed by atoms with Crippen molar-refractivity contribution >= 4 is 11.6 Å². The van der Waals surface area contributed by atoms with E-state index < -0.39 is 0 Å². The first-order valence-electron chi connectivity index (χ1n) is 7.12. The molecule has 3 rings (SSSR count). The molecule has 2 aliphatic rings. The summed E-state index contributed by atoms with van der Waals surface area (Å²) in [6.07, 6.45) is 6.09. The molecule has 1 heterocycles. The van der Waals surface area contributed by atoms with Crippen LogP contribution in [0, 0.1) is 6.92 Å². The van der Waals surface area contributed by atoms with Crippen molar-refractivity contribution in [3.8, 4) is 0 Å². The van der Waals surface area contributed by atoms with Crippen LogP contribution in [0.2, 0.25) is 0 Å². The number of nitrogens with two attached hydrogens (primary N) is 1. The summed E-state index contributed by atoms with van der Waals surface area (Å²) in [5.74, 6) is 2.91. The van der Waals surface area contributed by atoms with Crippen LogP contribution in [0.5, 0.6) is 0 Å². The smallest absolute Gasteiger partial charge is 0.136 e. The van der Waals surface area contributed by atoms with Crippen molar-refractivity contribution in [3.63, 3.8) is 0 Å². The van der Waals surface area contributed by atoms with Crippen molar-refractivity contribution < 1.29 is 4.74 Å². The van der Waals surface area contributed by atoms with Crippen LogP contribution in [-0.4, -0.2) is 29.2 Å². The number of nitrogens with one attached hydrogen (secondary N) is 1. The van der Waals surface area contributed by atoms with Gasteiger partial charge in [-0.3, -0.25) is 0 Å². The summed E-state index contributed by atoms with van der Waals surface area (Å²) >= 11 is 0. The van der Waals surface area contributed by atoms with Gasteiger partial charge >= 0.3 is 0 Å². The zero-order valence-electron chi connectivity index (χ0n) is 11.6. The first kappa shape index (κ1) is 12.7. The molecule has 1 aromatic rings. The van der Waals surface area contributed by atoms with Crippen LogP contribution in [0.1, 0.15) is 49.4 Å². The predicted molar refractivity (Wildman–Crippen MR) is 75.2 cm³/mol. The van der Waals surface area contributed by atoms with Crippen LogP contribution in [0.25, 0.3) is 0 Å². The Morgan fingerprint density at radius 1 is 1.21 bits per heavy atom. The van der Waals surface area contributed by atoms with Gasteiger partial charge < -0.3 is 15.8 Å². The molecule has 2 aliphatic carbocycles. The van der Waals surface area contributed by atoms with Crippen molar-refractivity contribution in [2.75, 3.05) is 18.2 Å². The molecule has 2 saturated carbocycles. The van der Waals surface area contributed by atoms with E-state index in [0.717, 1.165) is 30.0 Å². The SMILES string of the molecule is COC1CCCC1Nc1nc(C2CC2)nc(N)c1C. The largest absolute Gasteiger partial charge is 0.383 e. The predicted octanol–water partition coefficient (Wildman–Crippen LogP) is 2.22. The first-order chi connectivity index (χ1) is 9.19. The Morgan fingerprint density at radius 3 is 2.68 bits per heavy atom. The Hall–Kier alpha value is -1.36. The second kappa shape index (κ2) is 4.96. The monoisotopic (exact) mass is 262 g/mol. The van der Waals surface area contributed by atoms with Crippen LogP contribution in [-0.2, 0) is 4.74 Å². The number of ether oxygens (including phenoxy) is 1. The second-order valence-electron chi connectivity index (χ2n) is 5.67. The second-order valence-corrected chi connectivity index (χ2v) is 5.67. The molecule has 0 radical (unpaired) electrons. The minimum absolute atomic E-state index is 0.278. The van der Waals surface area contributed by atoms with E-state index in [2.05, 4.69) is 15.3 Å². The first-order valence-corrected chi connectivity index (χ1v) is 7.12. The molecule has 2 unspecified atom stereocenters. The fraction of sp³-hybridized carbons (Fsp3) is 0.714. The molecule has 2 fully saturated rings. The highest BCUT2D eigenvalue weighted by Crippen LogP contribution is 2.39. The maximum Gasteiger partial charge on any atom is 0.136 e. The lowest BCUT2D eigenvalue weighted by Crippen LogP contribution is -2.30. The standard InChI is InChI=1S/C14H22N4O/c1-8-12(15)17-14(9-6-7-9)18-13(8)16-10-4-3-5-11(10)19-2/h9-11H,3-7H2,1-2H3,(H3,15,16,17,18). The summed E-state index contributed by atoms with van der Waals surface area (Å²) in [6.45, 7) is 1.98. The van der Waals surface area contributed by atoms with E-state index in [0.29, 0.717) is 17.8 Å². The summed E-state index contributed by atoms with van der Waals surface area (Å²) in [6, 6.07) is 0.338. The van der Waals surface area contributed by atoms with Gasteiger partial charge in [0.15, 0.2) is 0 Å². The number of hydrogen-bond acceptors (Lipinski definition) is 5. The van der Waals surface area contributed by atoms with Gasteiger partial charge in [0.25, 0.3) is 0 Å². The Bertz CT molecular complexity index is 473. The fourth-order valence-electron chi connectivity index (χ4n) is 2.77. The summed E-state index contributed by atoms with van der Waals surface area (Å²) < 4.78 is 5.52. The maximum atomic E-state index is 6.01. The summed E-state index contributed by atoms with van der Waals surface area (Å²) in [7, 11) is 1.78. The summed E-state index contributed by atoms with van der Waals surface area (Å²) in [5, 5.41) is 3.52. The number of methoxy groups -OCH3 is 1. The summed E-state index contributed by atoms with van der Waals surface area (Å²) in [4.78, 5) is 9.07. The summed E-state index contributed by atoms with van der Waals surface area (Å²) in [5.41, 5.74) is 6.96. The van der Waals surface area contributed by atoms with E-state index in [-0.39, 0.29) is 6.10 Å². The molecule has 5 heteroatoms. The quantitative estimate of drug-likeness (QED) is 0.870. The highest BCUT2D eigenvalue weighted by molar-refractivity contribution is 5.55. The lowest BCUT2D eigenvalue weighted by Gasteiger charge is -2.22. The normalized spacial score (nSPS) is 26.6. The Labute approximate surface area is 114 Å². The van der Waals surface area contributed by atoms with Crippen molar-refractivity contribution in [1.29, 1.82) is 0 Å². The lowest BCUT2D eigenvalue weighted by molar-refractivity contribution is 0.101. The molecule has 104 valence electrons. The minimum atomic E-state index is 0.278. The van der Waals surface area contributed by atoms with Crippen molar-refractivity contribution in [1.82, 2.24) is 9.97 Å². The topological polar surface area (TPSA) is 73.1 Å². The average molecular weight is 262 g/mol. The van der Waals surface area contributed by atoms with E-state index >= 15 is 0 Å². The molecule has 0 amide bonds. The van der Waals surface area contributed by atoms with Gasteiger partial charge in [0, 0.05) is 18.6 Å². The molecule has 19 heavy (non-hydrogen) atoms. The molecule has 2 atom stereocenters. The van der Waals surface area contributed by atoms with Crippen LogP contribution in [0.4, 0.5) is 11.6 Å². The third-order valence-electron chi connectivity index (χ3n) is 4.22. The molecule has 1 aromatic heterocycles.